The Hall–Kier alpha value is -3.78. The molecule has 0 heterocycles. The molecule has 0 aliphatic heterocycles. The first-order valence-corrected chi connectivity index (χ1v) is 10.7. The molecule has 0 amide bonds. The number of fused-ring (bicyclic) bond motifs is 6. The summed E-state index contributed by atoms with van der Waals surface area (Å²) in [6.07, 6.45) is 0.576. The highest BCUT2D eigenvalue weighted by atomic mass is 16.1. The average molecular weight is 400 g/mol. The van der Waals surface area contributed by atoms with Gasteiger partial charge in [0.1, 0.15) is 0 Å². The summed E-state index contributed by atoms with van der Waals surface area (Å²) in [7, 11) is 0. The summed E-state index contributed by atoms with van der Waals surface area (Å²) >= 11 is 0. The lowest BCUT2D eigenvalue weighted by Gasteiger charge is -2.36. The maximum atomic E-state index is 13.5. The van der Waals surface area contributed by atoms with Gasteiger partial charge in [-0.3, -0.25) is 9.59 Å². The van der Waals surface area contributed by atoms with Crippen LogP contribution in [0.15, 0.2) is 97.1 Å². The third-order valence-electron chi connectivity index (χ3n) is 6.71. The average Bonchev–Trinajstić information content (AvgIpc) is 2.84. The second-order valence-corrected chi connectivity index (χ2v) is 8.41. The Labute approximate surface area is 181 Å². The van der Waals surface area contributed by atoms with Gasteiger partial charge in [0.05, 0.1) is 0 Å². The Kier molecular flexibility index (Phi) is 4.00. The Bertz CT molecular complexity index is 1230. The van der Waals surface area contributed by atoms with E-state index >= 15 is 0 Å². The van der Waals surface area contributed by atoms with Gasteiger partial charge in [0.25, 0.3) is 0 Å². The van der Waals surface area contributed by atoms with Crippen molar-refractivity contribution < 1.29 is 9.59 Å². The maximum absolute atomic E-state index is 13.5. The molecule has 2 aliphatic carbocycles. The van der Waals surface area contributed by atoms with E-state index in [2.05, 4.69) is 0 Å². The SMILES string of the molecule is O=C1c2cc(-c3ccccc3)ccc2[C@H]2C[C@@H]1c1ccc(-c3ccccc3)cc1C2=O. The van der Waals surface area contributed by atoms with Crippen LogP contribution in [-0.2, 0) is 0 Å². The quantitative estimate of drug-likeness (QED) is 0.376. The van der Waals surface area contributed by atoms with Crippen molar-refractivity contribution in [3.63, 3.8) is 0 Å². The second kappa shape index (κ2) is 6.88. The van der Waals surface area contributed by atoms with E-state index in [0.717, 1.165) is 33.4 Å². The number of ketones is 2. The van der Waals surface area contributed by atoms with E-state index in [1.807, 2.05) is 97.1 Å². The molecule has 0 spiro atoms. The van der Waals surface area contributed by atoms with Crippen molar-refractivity contribution in [1.29, 1.82) is 0 Å². The first kappa shape index (κ1) is 18.0. The number of carbonyl (C=O) groups is 2. The Morgan fingerprint density at radius 1 is 0.484 bits per heavy atom. The van der Waals surface area contributed by atoms with Gasteiger partial charge in [-0.15, -0.1) is 0 Å². The smallest absolute Gasteiger partial charge is 0.170 e. The van der Waals surface area contributed by atoms with Crippen LogP contribution in [-0.4, -0.2) is 11.6 Å². The highest BCUT2D eigenvalue weighted by Crippen LogP contribution is 2.48. The van der Waals surface area contributed by atoms with Crippen LogP contribution < -0.4 is 0 Å². The van der Waals surface area contributed by atoms with Crippen molar-refractivity contribution in [2.75, 3.05) is 0 Å². The fourth-order valence-corrected chi connectivity index (χ4v) is 5.13. The lowest BCUT2D eigenvalue weighted by Crippen LogP contribution is -2.34. The summed E-state index contributed by atoms with van der Waals surface area (Å²) in [5.41, 5.74) is 7.34. The number of carbonyl (C=O) groups excluding carboxylic acids is 2. The number of benzene rings is 4. The molecule has 2 aliphatic rings. The van der Waals surface area contributed by atoms with E-state index in [1.165, 1.54) is 0 Å². The molecule has 31 heavy (non-hydrogen) atoms. The monoisotopic (exact) mass is 400 g/mol. The van der Waals surface area contributed by atoms with Gasteiger partial charge in [-0.2, -0.15) is 0 Å². The fourth-order valence-electron chi connectivity index (χ4n) is 5.13. The van der Waals surface area contributed by atoms with Gasteiger partial charge < -0.3 is 0 Å². The second-order valence-electron chi connectivity index (χ2n) is 8.41. The van der Waals surface area contributed by atoms with Crippen molar-refractivity contribution in [1.82, 2.24) is 0 Å². The molecule has 0 unspecified atom stereocenters. The molecular weight excluding hydrogens is 380 g/mol. The Balaban J connectivity index is 1.46. The van der Waals surface area contributed by atoms with E-state index in [4.69, 9.17) is 0 Å². The number of hydrogen-bond donors (Lipinski definition) is 0. The number of Topliss-reactive ketones (excluding diaryl/α,β-unsaturated/α-hetero) is 2. The zero-order chi connectivity index (χ0) is 20.9. The third-order valence-corrected chi connectivity index (χ3v) is 6.71. The zero-order valence-electron chi connectivity index (χ0n) is 16.9. The minimum atomic E-state index is -0.249. The van der Waals surface area contributed by atoms with Gasteiger partial charge in [-0.1, -0.05) is 84.9 Å². The van der Waals surface area contributed by atoms with Crippen LogP contribution in [0.5, 0.6) is 0 Å². The highest BCUT2D eigenvalue weighted by molar-refractivity contribution is 6.14. The molecule has 6 rings (SSSR count). The summed E-state index contributed by atoms with van der Waals surface area (Å²) in [4.78, 5) is 27.0. The molecule has 2 atom stereocenters. The van der Waals surface area contributed by atoms with Crippen LogP contribution in [0, 0.1) is 0 Å². The molecule has 0 saturated heterocycles. The minimum absolute atomic E-state index is 0.130. The number of rotatable bonds is 2. The van der Waals surface area contributed by atoms with Crippen LogP contribution in [0.3, 0.4) is 0 Å². The van der Waals surface area contributed by atoms with Crippen molar-refractivity contribution in [2.24, 2.45) is 0 Å². The van der Waals surface area contributed by atoms with E-state index in [-0.39, 0.29) is 23.4 Å². The molecule has 2 heteroatoms. The topological polar surface area (TPSA) is 34.1 Å². The largest absolute Gasteiger partial charge is 0.293 e. The van der Waals surface area contributed by atoms with Crippen LogP contribution in [0.4, 0.5) is 0 Å². The van der Waals surface area contributed by atoms with Crippen LogP contribution in [0.1, 0.15) is 50.1 Å². The maximum Gasteiger partial charge on any atom is 0.170 e. The lowest BCUT2D eigenvalue weighted by atomic mass is 9.65. The van der Waals surface area contributed by atoms with Crippen molar-refractivity contribution in [3.05, 3.63) is 119 Å². The molecule has 0 aromatic heterocycles. The standard InChI is InChI=1S/C29H20O2/c30-28-24-15-20(18-7-3-1-4-8-18)11-13-22(24)26-17-27(28)23-14-12-21(16-25(23)29(26)31)19-9-5-2-6-10-19/h1-16,26-27H,17H2/t26-,27-/m1/s1. The summed E-state index contributed by atoms with van der Waals surface area (Å²) < 4.78 is 0. The van der Waals surface area contributed by atoms with E-state index in [0.29, 0.717) is 17.5 Å². The fraction of sp³-hybridized carbons (Fsp3) is 0.103. The lowest BCUT2D eigenvalue weighted by molar-refractivity contribution is 0.0875. The molecule has 0 fully saturated rings. The van der Waals surface area contributed by atoms with Crippen LogP contribution >= 0.6 is 0 Å². The van der Waals surface area contributed by atoms with Crippen molar-refractivity contribution >= 4 is 11.6 Å². The normalized spacial score (nSPS) is 19.0. The van der Waals surface area contributed by atoms with Gasteiger partial charge in [0.2, 0.25) is 0 Å². The summed E-state index contributed by atoms with van der Waals surface area (Å²) in [6, 6.07) is 32.1. The highest BCUT2D eigenvalue weighted by Gasteiger charge is 2.43. The molecule has 4 aromatic rings. The molecule has 148 valence electrons. The number of hydrogen-bond acceptors (Lipinski definition) is 2. The first-order chi connectivity index (χ1) is 15.2. The van der Waals surface area contributed by atoms with Gasteiger partial charge in [0.15, 0.2) is 11.6 Å². The summed E-state index contributed by atoms with van der Waals surface area (Å²) in [5, 5.41) is 0. The van der Waals surface area contributed by atoms with Crippen LogP contribution in [0.25, 0.3) is 22.3 Å². The molecule has 0 N–H and O–H groups in total. The summed E-state index contributed by atoms with van der Waals surface area (Å²) in [6.45, 7) is 0. The zero-order valence-corrected chi connectivity index (χ0v) is 16.9. The molecule has 2 nitrogen and oxygen atoms in total. The third kappa shape index (κ3) is 2.79. The van der Waals surface area contributed by atoms with Gasteiger partial charge >= 0.3 is 0 Å². The molecule has 2 bridgehead atoms. The molecule has 0 radical (unpaired) electrons. The Morgan fingerprint density at radius 3 is 1.32 bits per heavy atom. The Morgan fingerprint density at radius 2 is 0.903 bits per heavy atom. The molecule has 4 aromatic carbocycles. The molecular formula is C29H20O2. The van der Waals surface area contributed by atoms with E-state index < -0.39 is 0 Å². The van der Waals surface area contributed by atoms with E-state index in [1.54, 1.807) is 0 Å². The predicted octanol–water partition coefficient (Wildman–Crippen LogP) is 6.67. The van der Waals surface area contributed by atoms with Gasteiger partial charge in [0, 0.05) is 23.0 Å². The van der Waals surface area contributed by atoms with Crippen molar-refractivity contribution in [2.45, 2.75) is 18.3 Å². The minimum Gasteiger partial charge on any atom is -0.293 e. The van der Waals surface area contributed by atoms with Gasteiger partial charge in [-0.05, 0) is 51.9 Å². The van der Waals surface area contributed by atoms with Gasteiger partial charge in [-0.25, -0.2) is 0 Å². The molecule has 0 saturated carbocycles. The predicted molar refractivity (Wildman–Crippen MR) is 123 cm³/mol. The van der Waals surface area contributed by atoms with Crippen LogP contribution in [0.2, 0.25) is 0 Å². The summed E-state index contributed by atoms with van der Waals surface area (Å²) in [5.74, 6) is -0.238. The van der Waals surface area contributed by atoms with E-state index in [9.17, 15) is 9.59 Å². The van der Waals surface area contributed by atoms with Crippen molar-refractivity contribution in [3.8, 4) is 22.3 Å². The first-order valence-electron chi connectivity index (χ1n) is 10.7.